The quantitative estimate of drug-likeness (QED) is 0.796. The standard InChI is InChI=1S/C14H9BrClFN2O2/c15-9-4-5-12(17)11(7-9)14(21)19-18-13(20)8-2-1-3-10(16)6-8/h1-7H,(H,18,20)(H,19,21). The van der Waals surface area contributed by atoms with Crippen molar-refractivity contribution in [3.8, 4) is 0 Å². The maximum absolute atomic E-state index is 13.5. The van der Waals surface area contributed by atoms with Crippen LogP contribution in [-0.4, -0.2) is 11.8 Å². The van der Waals surface area contributed by atoms with E-state index in [0.717, 1.165) is 6.07 Å². The minimum absolute atomic E-state index is 0.184. The van der Waals surface area contributed by atoms with Crippen molar-refractivity contribution >= 4 is 39.3 Å². The third-order valence-electron chi connectivity index (χ3n) is 2.55. The molecule has 108 valence electrons. The SMILES string of the molecule is O=C(NNC(=O)c1cc(Br)ccc1F)c1cccc(Cl)c1. The second-order valence-corrected chi connectivity index (χ2v) is 5.39. The molecule has 0 heterocycles. The van der Waals surface area contributed by atoms with Gasteiger partial charge in [0, 0.05) is 15.1 Å². The lowest BCUT2D eigenvalue weighted by Gasteiger charge is -2.08. The number of carbonyl (C=O) groups excluding carboxylic acids is 2. The zero-order chi connectivity index (χ0) is 15.4. The van der Waals surface area contributed by atoms with Crippen LogP contribution in [0.5, 0.6) is 0 Å². The normalized spacial score (nSPS) is 10.0. The average Bonchev–Trinajstić information content (AvgIpc) is 2.47. The first-order valence-electron chi connectivity index (χ1n) is 5.78. The molecular weight excluding hydrogens is 363 g/mol. The number of rotatable bonds is 2. The first-order chi connectivity index (χ1) is 9.97. The maximum Gasteiger partial charge on any atom is 0.272 e. The van der Waals surface area contributed by atoms with Gasteiger partial charge in [0.05, 0.1) is 5.56 Å². The Labute approximate surface area is 133 Å². The number of hydrazine groups is 1. The van der Waals surface area contributed by atoms with Gasteiger partial charge in [-0.25, -0.2) is 4.39 Å². The minimum atomic E-state index is -0.760. The van der Waals surface area contributed by atoms with Gasteiger partial charge in [0.1, 0.15) is 5.82 Å². The van der Waals surface area contributed by atoms with Gasteiger partial charge in [-0.1, -0.05) is 33.6 Å². The van der Waals surface area contributed by atoms with E-state index in [2.05, 4.69) is 26.8 Å². The van der Waals surface area contributed by atoms with E-state index in [-0.39, 0.29) is 11.1 Å². The molecular formula is C14H9BrClFN2O2. The summed E-state index contributed by atoms with van der Waals surface area (Å²) in [5, 5.41) is 0.395. The summed E-state index contributed by atoms with van der Waals surface area (Å²) in [4.78, 5) is 23.6. The Morgan fingerprint density at radius 1 is 1.05 bits per heavy atom. The van der Waals surface area contributed by atoms with E-state index in [4.69, 9.17) is 11.6 Å². The highest BCUT2D eigenvalue weighted by molar-refractivity contribution is 9.10. The third-order valence-corrected chi connectivity index (χ3v) is 3.28. The number of hydrogen-bond donors (Lipinski definition) is 2. The molecule has 0 radical (unpaired) electrons. The average molecular weight is 372 g/mol. The van der Waals surface area contributed by atoms with Gasteiger partial charge in [0.15, 0.2) is 0 Å². The highest BCUT2D eigenvalue weighted by Crippen LogP contribution is 2.15. The number of carbonyl (C=O) groups is 2. The van der Waals surface area contributed by atoms with Crippen LogP contribution in [-0.2, 0) is 0 Å². The number of benzene rings is 2. The van der Waals surface area contributed by atoms with Crippen molar-refractivity contribution < 1.29 is 14.0 Å². The topological polar surface area (TPSA) is 58.2 Å². The molecule has 0 spiro atoms. The van der Waals surface area contributed by atoms with Crippen molar-refractivity contribution in [2.75, 3.05) is 0 Å². The summed E-state index contributed by atoms with van der Waals surface area (Å²) in [6.07, 6.45) is 0. The molecule has 0 aliphatic heterocycles. The van der Waals surface area contributed by atoms with Crippen molar-refractivity contribution in [3.63, 3.8) is 0 Å². The summed E-state index contributed by atoms with van der Waals surface area (Å²) in [6, 6.07) is 10.1. The number of nitrogens with one attached hydrogen (secondary N) is 2. The first kappa shape index (κ1) is 15.5. The zero-order valence-electron chi connectivity index (χ0n) is 10.5. The Morgan fingerprint density at radius 2 is 1.76 bits per heavy atom. The van der Waals surface area contributed by atoms with Gasteiger partial charge in [-0.2, -0.15) is 0 Å². The van der Waals surface area contributed by atoms with Crippen LogP contribution in [0.4, 0.5) is 4.39 Å². The summed E-state index contributed by atoms with van der Waals surface area (Å²) in [5.41, 5.74) is 4.43. The van der Waals surface area contributed by atoms with Crippen molar-refractivity contribution in [1.29, 1.82) is 0 Å². The van der Waals surface area contributed by atoms with Crippen LogP contribution in [0.15, 0.2) is 46.9 Å². The summed E-state index contributed by atoms with van der Waals surface area (Å²) in [6.45, 7) is 0. The van der Waals surface area contributed by atoms with Crippen LogP contribution in [0.1, 0.15) is 20.7 Å². The number of hydrogen-bond acceptors (Lipinski definition) is 2. The van der Waals surface area contributed by atoms with Crippen LogP contribution < -0.4 is 10.9 Å². The van der Waals surface area contributed by atoms with Crippen LogP contribution >= 0.6 is 27.5 Å². The summed E-state index contributed by atoms with van der Waals surface area (Å²) in [7, 11) is 0. The van der Waals surface area contributed by atoms with E-state index in [1.54, 1.807) is 12.1 Å². The third kappa shape index (κ3) is 4.03. The molecule has 2 amide bonds. The lowest BCUT2D eigenvalue weighted by atomic mass is 10.2. The molecule has 7 heteroatoms. The second-order valence-electron chi connectivity index (χ2n) is 4.04. The molecule has 0 aliphatic rings. The van der Waals surface area contributed by atoms with E-state index in [9.17, 15) is 14.0 Å². The summed E-state index contributed by atoms with van der Waals surface area (Å²) >= 11 is 8.90. The van der Waals surface area contributed by atoms with Crippen molar-refractivity contribution in [2.45, 2.75) is 0 Å². The summed E-state index contributed by atoms with van der Waals surface area (Å²) < 4.78 is 14.1. The fraction of sp³-hybridized carbons (Fsp3) is 0. The van der Waals surface area contributed by atoms with Crippen LogP contribution in [0.2, 0.25) is 5.02 Å². The van der Waals surface area contributed by atoms with Gasteiger partial charge in [-0.15, -0.1) is 0 Å². The molecule has 2 aromatic carbocycles. The zero-order valence-corrected chi connectivity index (χ0v) is 12.8. The monoisotopic (exact) mass is 370 g/mol. The van der Waals surface area contributed by atoms with Crippen LogP contribution in [0, 0.1) is 5.82 Å². The number of halogens is 3. The molecule has 0 aromatic heterocycles. The van der Waals surface area contributed by atoms with Gasteiger partial charge in [-0.3, -0.25) is 20.4 Å². The predicted octanol–water partition coefficient (Wildman–Crippen LogP) is 3.32. The Kier molecular flexibility index (Phi) is 4.93. The Balaban J connectivity index is 2.04. The molecule has 0 saturated carbocycles. The molecule has 0 bridgehead atoms. The Hall–Kier alpha value is -1.92. The van der Waals surface area contributed by atoms with Gasteiger partial charge in [0.25, 0.3) is 11.8 Å². The van der Waals surface area contributed by atoms with Gasteiger partial charge in [-0.05, 0) is 36.4 Å². The fourth-order valence-electron chi connectivity index (χ4n) is 1.55. The molecule has 2 N–H and O–H groups in total. The largest absolute Gasteiger partial charge is 0.272 e. The Bertz CT molecular complexity index is 709. The molecule has 0 unspecified atom stereocenters. The van der Waals surface area contributed by atoms with Crippen molar-refractivity contribution in [1.82, 2.24) is 10.9 Å². The minimum Gasteiger partial charge on any atom is -0.267 e. The van der Waals surface area contributed by atoms with E-state index >= 15 is 0 Å². The van der Waals surface area contributed by atoms with Crippen molar-refractivity contribution in [2.24, 2.45) is 0 Å². The smallest absolute Gasteiger partial charge is 0.267 e. The molecule has 2 rings (SSSR count). The second kappa shape index (κ2) is 6.69. The van der Waals surface area contributed by atoms with Gasteiger partial charge < -0.3 is 0 Å². The summed E-state index contributed by atoms with van der Waals surface area (Å²) in [5.74, 6) is -2.00. The lowest BCUT2D eigenvalue weighted by molar-refractivity contribution is 0.0844. The van der Waals surface area contributed by atoms with E-state index in [0.29, 0.717) is 9.50 Å². The van der Waals surface area contributed by atoms with Crippen LogP contribution in [0.3, 0.4) is 0 Å². The van der Waals surface area contributed by atoms with E-state index < -0.39 is 17.6 Å². The van der Waals surface area contributed by atoms with E-state index in [1.807, 2.05) is 0 Å². The molecule has 0 aliphatic carbocycles. The van der Waals surface area contributed by atoms with Gasteiger partial charge >= 0.3 is 0 Å². The highest BCUT2D eigenvalue weighted by Gasteiger charge is 2.13. The fourth-order valence-corrected chi connectivity index (χ4v) is 2.11. The molecule has 2 aromatic rings. The number of amides is 2. The molecule has 21 heavy (non-hydrogen) atoms. The Morgan fingerprint density at radius 3 is 2.48 bits per heavy atom. The van der Waals surface area contributed by atoms with E-state index in [1.165, 1.54) is 24.3 Å². The lowest BCUT2D eigenvalue weighted by Crippen LogP contribution is -2.41. The molecule has 4 nitrogen and oxygen atoms in total. The molecule has 0 atom stereocenters. The first-order valence-corrected chi connectivity index (χ1v) is 6.96. The molecule has 0 fully saturated rings. The van der Waals surface area contributed by atoms with Crippen LogP contribution in [0.25, 0.3) is 0 Å². The van der Waals surface area contributed by atoms with Crippen molar-refractivity contribution in [3.05, 3.63) is 68.9 Å². The van der Waals surface area contributed by atoms with Gasteiger partial charge in [0.2, 0.25) is 0 Å². The predicted molar refractivity (Wildman–Crippen MR) is 80.5 cm³/mol. The molecule has 0 saturated heterocycles. The maximum atomic E-state index is 13.5. The highest BCUT2D eigenvalue weighted by atomic mass is 79.9.